The Labute approximate surface area is 148 Å². The van der Waals surface area contributed by atoms with Gasteiger partial charge in [0.15, 0.2) is 0 Å². The summed E-state index contributed by atoms with van der Waals surface area (Å²) in [6, 6.07) is 0.285. The largest absolute Gasteiger partial charge is 0.314 e. The molecule has 1 aliphatic heterocycles. The van der Waals surface area contributed by atoms with E-state index in [9.17, 15) is 0 Å². The standard InChI is InChI=1S/C18H27N5S/c1-3-22(12-17-19-14-8-7-9-15(14)24-17)13(2)18-21-20-16-10-5-4-6-11-23(16)18/h13H,3-12H2,1-2H3. The molecule has 0 aromatic carbocycles. The summed E-state index contributed by atoms with van der Waals surface area (Å²) in [5.74, 6) is 2.32. The quantitative estimate of drug-likeness (QED) is 0.832. The number of rotatable bonds is 5. The van der Waals surface area contributed by atoms with Gasteiger partial charge in [-0.1, -0.05) is 13.3 Å². The average molecular weight is 346 g/mol. The molecular weight excluding hydrogens is 318 g/mol. The van der Waals surface area contributed by atoms with Gasteiger partial charge in [0.25, 0.3) is 0 Å². The smallest absolute Gasteiger partial charge is 0.150 e. The van der Waals surface area contributed by atoms with Gasteiger partial charge >= 0.3 is 0 Å². The Morgan fingerprint density at radius 1 is 1.12 bits per heavy atom. The van der Waals surface area contributed by atoms with Crippen molar-refractivity contribution in [2.24, 2.45) is 0 Å². The van der Waals surface area contributed by atoms with E-state index in [4.69, 9.17) is 4.98 Å². The third-order valence-electron chi connectivity index (χ3n) is 5.44. The molecule has 0 amide bonds. The maximum atomic E-state index is 4.88. The van der Waals surface area contributed by atoms with Crippen molar-refractivity contribution in [2.45, 2.75) is 77.9 Å². The fourth-order valence-electron chi connectivity index (χ4n) is 3.99. The number of thiazole rings is 1. The third-order valence-corrected chi connectivity index (χ3v) is 6.59. The molecule has 2 aromatic heterocycles. The predicted molar refractivity (Wildman–Crippen MR) is 96.2 cm³/mol. The Kier molecular flexibility index (Phi) is 4.68. The highest BCUT2D eigenvalue weighted by Gasteiger charge is 2.25. The predicted octanol–water partition coefficient (Wildman–Crippen LogP) is 3.53. The number of fused-ring (bicyclic) bond motifs is 2. The van der Waals surface area contributed by atoms with Crippen molar-refractivity contribution >= 4 is 11.3 Å². The summed E-state index contributed by atoms with van der Waals surface area (Å²) in [7, 11) is 0. The van der Waals surface area contributed by atoms with Gasteiger partial charge in [0.1, 0.15) is 16.7 Å². The van der Waals surface area contributed by atoms with Crippen LogP contribution in [-0.2, 0) is 32.4 Å². The molecule has 0 saturated carbocycles. The SMILES string of the molecule is CCN(Cc1nc2c(s1)CCC2)C(C)c1nnc2n1CCCCC2. The van der Waals surface area contributed by atoms with Crippen LogP contribution in [0, 0.1) is 0 Å². The van der Waals surface area contributed by atoms with Crippen molar-refractivity contribution in [2.75, 3.05) is 6.54 Å². The third kappa shape index (κ3) is 3.02. The van der Waals surface area contributed by atoms with Crippen molar-refractivity contribution in [3.8, 4) is 0 Å². The molecule has 0 fully saturated rings. The van der Waals surface area contributed by atoms with Crippen LogP contribution >= 0.6 is 11.3 Å². The van der Waals surface area contributed by atoms with Gasteiger partial charge in [0.2, 0.25) is 0 Å². The summed E-state index contributed by atoms with van der Waals surface area (Å²) in [5, 5.41) is 10.3. The molecule has 1 unspecified atom stereocenters. The van der Waals surface area contributed by atoms with Crippen LogP contribution in [0.3, 0.4) is 0 Å². The molecule has 3 heterocycles. The lowest BCUT2D eigenvalue weighted by Gasteiger charge is -2.26. The van der Waals surface area contributed by atoms with Crippen LogP contribution in [0.25, 0.3) is 0 Å². The van der Waals surface area contributed by atoms with Crippen molar-refractivity contribution in [3.05, 3.63) is 27.2 Å². The lowest BCUT2D eigenvalue weighted by Crippen LogP contribution is -2.28. The Morgan fingerprint density at radius 3 is 2.88 bits per heavy atom. The Balaban J connectivity index is 1.53. The second kappa shape index (κ2) is 6.92. The summed E-state index contributed by atoms with van der Waals surface area (Å²) in [4.78, 5) is 8.88. The van der Waals surface area contributed by atoms with Gasteiger partial charge in [-0.05, 0) is 45.6 Å². The summed E-state index contributed by atoms with van der Waals surface area (Å²) in [5.41, 5.74) is 1.36. The number of hydrogen-bond donors (Lipinski definition) is 0. The van der Waals surface area contributed by atoms with Gasteiger partial charge in [-0.25, -0.2) is 4.98 Å². The van der Waals surface area contributed by atoms with E-state index in [1.807, 2.05) is 11.3 Å². The molecule has 1 atom stereocenters. The first-order valence-electron chi connectivity index (χ1n) is 9.39. The van der Waals surface area contributed by atoms with Gasteiger partial charge in [-0.3, -0.25) is 4.90 Å². The van der Waals surface area contributed by atoms with Gasteiger partial charge in [0, 0.05) is 17.8 Å². The second-order valence-corrected chi connectivity index (χ2v) is 8.17. The van der Waals surface area contributed by atoms with Crippen molar-refractivity contribution in [1.29, 1.82) is 0 Å². The maximum Gasteiger partial charge on any atom is 0.150 e. The minimum Gasteiger partial charge on any atom is -0.314 e. The number of nitrogens with zero attached hydrogens (tertiary/aromatic N) is 5. The molecule has 24 heavy (non-hydrogen) atoms. The van der Waals surface area contributed by atoms with Gasteiger partial charge in [0.05, 0.1) is 18.3 Å². The number of aryl methyl sites for hydroxylation is 3. The topological polar surface area (TPSA) is 46.8 Å². The Hall–Kier alpha value is -1.27. The molecule has 0 spiro atoms. The van der Waals surface area contributed by atoms with Crippen LogP contribution < -0.4 is 0 Å². The fourth-order valence-corrected chi connectivity index (χ4v) is 5.17. The molecule has 1 aliphatic carbocycles. The van der Waals surface area contributed by atoms with Crippen LogP contribution in [0.4, 0.5) is 0 Å². The van der Waals surface area contributed by atoms with Crippen LogP contribution in [0.15, 0.2) is 0 Å². The highest BCUT2D eigenvalue weighted by atomic mass is 32.1. The first-order chi connectivity index (χ1) is 11.8. The molecule has 0 bridgehead atoms. The first-order valence-corrected chi connectivity index (χ1v) is 10.2. The zero-order chi connectivity index (χ0) is 16.5. The van der Waals surface area contributed by atoms with Crippen molar-refractivity contribution < 1.29 is 0 Å². The zero-order valence-electron chi connectivity index (χ0n) is 14.8. The number of hydrogen-bond acceptors (Lipinski definition) is 5. The summed E-state index contributed by atoms with van der Waals surface area (Å²) < 4.78 is 2.38. The van der Waals surface area contributed by atoms with Crippen LogP contribution in [0.2, 0.25) is 0 Å². The van der Waals surface area contributed by atoms with E-state index < -0.39 is 0 Å². The van der Waals surface area contributed by atoms with Gasteiger partial charge < -0.3 is 4.57 Å². The molecule has 0 saturated heterocycles. The highest BCUT2D eigenvalue weighted by Crippen LogP contribution is 2.30. The minimum atomic E-state index is 0.285. The minimum absolute atomic E-state index is 0.285. The average Bonchev–Trinajstić information content (AvgIpc) is 3.23. The van der Waals surface area contributed by atoms with E-state index in [2.05, 4.69) is 33.5 Å². The molecule has 2 aromatic rings. The lowest BCUT2D eigenvalue weighted by molar-refractivity contribution is 0.200. The monoisotopic (exact) mass is 345 g/mol. The number of aromatic nitrogens is 4. The maximum absolute atomic E-state index is 4.88. The molecule has 2 aliphatic rings. The molecule has 5 nitrogen and oxygen atoms in total. The van der Waals surface area contributed by atoms with Crippen molar-refractivity contribution in [1.82, 2.24) is 24.6 Å². The molecule has 4 rings (SSSR count). The van der Waals surface area contributed by atoms with Gasteiger partial charge in [-0.15, -0.1) is 21.5 Å². The van der Waals surface area contributed by atoms with Crippen LogP contribution in [0.5, 0.6) is 0 Å². The van der Waals surface area contributed by atoms with Crippen LogP contribution in [0.1, 0.15) is 72.8 Å². The van der Waals surface area contributed by atoms with E-state index in [0.717, 1.165) is 31.9 Å². The summed E-state index contributed by atoms with van der Waals surface area (Å²) in [6.45, 7) is 7.51. The normalized spacial score (nSPS) is 18.5. The van der Waals surface area contributed by atoms with E-state index in [1.165, 1.54) is 59.9 Å². The summed E-state index contributed by atoms with van der Waals surface area (Å²) >= 11 is 1.92. The molecule has 130 valence electrons. The van der Waals surface area contributed by atoms with E-state index in [1.54, 1.807) is 0 Å². The molecule has 0 radical (unpaired) electrons. The molecular formula is C18H27N5S. The lowest BCUT2D eigenvalue weighted by atomic mass is 10.2. The first kappa shape index (κ1) is 16.2. The van der Waals surface area contributed by atoms with E-state index >= 15 is 0 Å². The Bertz CT molecular complexity index is 683. The second-order valence-electron chi connectivity index (χ2n) is 7.01. The zero-order valence-corrected chi connectivity index (χ0v) is 15.6. The molecule has 0 N–H and O–H groups in total. The van der Waals surface area contributed by atoms with Crippen molar-refractivity contribution in [3.63, 3.8) is 0 Å². The Morgan fingerprint density at radius 2 is 2.04 bits per heavy atom. The molecule has 6 heteroatoms. The van der Waals surface area contributed by atoms with E-state index in [0.29, 0.717) is 0 Å². The summed E-state index contributed by atoms with van der Waals surface area (Å²) in [6.07, 6.45) is 8.56. The van der Waals surface area contributed by atoms with Crippen LogP contribution in [-0.4, -0.2) is 31.2 Å². The highest BCUT2D eigenvalue weighted by molar-refractivity contribution is 7.11. The van der Waals surface area contributed by atoms with E-state index in [-0.39, 0.29) is 6.04 Å². The fraction of sp³-hybridized carbons (Fsp3) is 0.722. The van der Waals surface area contributed by atoms with Gasteiger partial charge in [-0.2, -0.15) is 0 Å².